The van der Waals surface area contributed by atoms with Crippen LogP contribution in [0.5, 0.6) is 11.5 Å². The van der Waals surface area contributed by atoms with E-state index in [1.54, 1.807) is 101 Å². The number of aryl methyl sites for hydroxylation is 3. The molecule has 0 saturated carbocycles. The van der Waals surface area contributed by atoms with Crippen molar-refractivity contribution in [3.05, 3.63) is 197 Å². The molecule has 0 atom stereocenters. The SMILES string of the molecule is Cc1ccc(S(=O)(=O)c2ccc(Oc3ccc(C(C)(C)c4ccc(-c5ccc(S(=O)(=O)c6ccc(-n7c(=O)n(C)c8ccc(C)cc87)cc6)cc5)cc4)cc3)cc2)cc1. The molecule has 1 heterocycles. The first-order chi connectivity index (χ1) is 28.1. The summed E-state index contributed by atoms with van der Waals surface area (Å²) in [6.07, 6.45) is 0. The van der Waals surface area contributed by atoms with E-state index in [0.29, 0.717) is 17.2 Å². The predicted molar refractivity (Wildman–Crippen MR) is 232 cm³/mol. The first kappa shape index (κ1) is 39.3. The van der Waals surface area contributed by atoms with Gasteiger partial charge in [0.15, 0.2) is 0 Å². The fourth-order valence-corrected chi connectivity index (χ4v) is 9.82. The zero-order valence-electron chi connectivity index (χ0n) is 33.2. The summed E-state index contributed by atoms with van der Waals surface area (Å²) in [4.78, 5) is 13.9. The number of sulfone groups is 2. The molecule has 59 heavy (non-hydrogen) atoms. The molecule has 0 spiro atoms. The van der Waals surface area contributed by atoms with E-state index in [4.69, 9.17) is 4.74 Å². The fraction of sp³-hybridized carbons (Fsp3) is 0.122. The van der Waals surface area contributed by atoms with E-state index in [2.05, 4.69) is 26.0 Å². The highest BCUT2D eigenvalue weighted by Crippen LogP contribution is 2.35. The topological polar surface area (TPSA) is 104 Å². The van der Waals surface area contributed by atoms with Crippen LogP contribution < -0.4 is 10.4 Å². The highest BCUT2D eigenvalue weighted by atomic mass is 32.2. The minimum atomic E-state index is -3.81. The molecule has 8 rings (SSSR count). The maximum Gasteiger partial charge on any atom is 0.333 e. The standard InChI is InChI=1S/C49H42N2O6S2/c1-33-6-23-42(24-7-33)58(53,54)45-29-21-41(22-30-45)57-40-19-15-38(16-20-40)49(3,4)37-13-9-35(10-14-37)36-11-25-43(26-12-36)59(55,56)44-27-17-39(18-28-44)51-47-32-34(2)8-31-46(47)50(5)48(51)52/h6-32H,1-5H3. The summed E-state index contributed by atoms with van der Waals surface area (Å²) >= 11 is 0. The molecule has 0 saturated heterocycles. The number of hydrogen-bond donors (Lipinski definition) is 0. The van der Waals surface area contributed by atoms with Gasteiger partial charge in [-0.15, -0.1) is 0 Å². The van der Waals surface area contributed by atoms with E-state index in [0.717, 1.165) is 44.4 Å². The number of fused-ring (bicyclic) bond motifs is 1. The second-order valence-corrected chi connectivity index (χ2v) is 19.2. The Morgan fingerprint density at radius 1 is 0.475 bits per heavy atom. The molecule has 0 unspecified atom stereocenters. The summed E-state index contributed by atoms with van der Waals surface area (Å²) in [7, 11) is -5.71. The molecular weight excluding hydrogens is 777 g/mol. The molecule has 0 aliphatic heterocycles. The van der Waals surface area contributed by atoms with Crippen molar-refractivity contribution in [1.82, 2.24) is 9.13 Å². The zero-order valence-corrected chi connectivity index (χ0v) is 34.9. The van der Waals surface area contributed by atoms with Crippen molar-refractivity contribution in [3.8, 4) is 28.3 Å². The number of rotatable bonds is 10. The second-order valence-electron chi connectivity index (χ2n) is 15.3. The molecule has 0 bridgehead atoms. The Hall–Kier alpha value is -6.49. The molecule has 8 aromatic rings. The largest absolute Gasteiger partial charge is 0.457 e. The summed E-state index contributed by atoms with van der Waals surface area (Å²) in [5.74, 6) is 1.16. The maximum absolute atomic E-state index is 13.7. The van der Waals surface area contributed by atoms with Crippen LogP contribution in [0.4, 0.5) is 0 Å². The van der Waals surface area contributed by atoms with Crippen LogP contribution in [0.15, 0.2) is 188 Å². The summed E-state index contributed by atoms with van der Waals surface area (Å²) in [6.45, 7) is 8.18. The van der Waals surface area contributed by atoms with E-state index >= 15 is 0 Å². The van der Waals surface area contributed by atoms with E-state index in [1.807, 2.05) is 80.6 Å². The van der Waals surface area contributed by atoms with E-state index in [-0.39, 0.29) is 30.7 Å². The fourth-order valence-electron chi connectivity index (χ4n) is 7.30. The lowest BCUT2D eigenvalue weighted by molar-refractivity contribution is 0.481. The third kappa shape index (κ3) is 7.41. The van der Waals surface area contributed by atoms with Crippen molar-refractivity contribution >= 4 is 30.7 Å². The van der Waals surface area contributed by atoms with Gasteiger partial charge in [0.2, 0.25) is 19.7 Å². The quantitative estimate of drug-likeness (QED) is 0.136. The number of ether oxygens (including phenoxy) is 1. The number of aromatic nitrogens is 2. The van der Waals surface area contributed by atoms with Crippen molar-refractivity contribution in [1.29, 1.82) is 0 Å². The Kier molecular flexibility index (Phi) is 10.0. The van der Waals surface area contributed by atoms with Gasteiger partial charge in [-0.05, 0) is 139 Å². The van der Waals surface area contributed by atoms with Gasteiger partial charge < -0.3 is 4.74 Å². The van der Waals surface area contributed by atoms with Crippen LogP contribution in [0.25, 0.3) is 27.8 Å². The minimum Gasteiger partial charge on any atom is -0.457 e. The third-order valence-electron chi connectivity index (χ3n) is 11.0. The van der Waals surface area contributed by atoms with Gasteiger partial charge in [-0.1, -0.05) is 86.1 Å². The minimum absolute atomic E-state index is 0.144. The van der Waals surface area contributed by atoms with Crippen molar-refractivity contribution < 1.29 is 21.6 Å². The number of nitrogens with zero attached hydrogens (tertiary/aromatic N) is 2. The van der Waals surface area contributed by atoms with Gasteiger partial charge in [-0.25, -0.2) is 21.6 Å². The van der Waals surface area contributed by atoms with Gasteiger partial charge in [0.1, 0.15) is 11.5 Å². The molecule has 0 radical (unpaired) electrons. The van der Waals surface area contributed by atoms with Gasteiger partial charge in [0.05, 0.1) is 36.3 Å². The molecule has 0 aliphatic carbocycles. The normalized spacial score (nSPS) is 12.2. The van der Waals surface area contributed by atoms with Crippen LogP contribution in [-0.2, 0) is 32.1 Å². The molecule has 0 amide bonds. The number of imidazole rings is 1. The van der Waals surface area contributed by atoms with Crippen molar-refractivity contribution in [2.24, 2.45) is 7.05 Å². The predicted octanol–water partition coefficient (Wildman–Crippen LogP) is 10.4. The summed E-state index contributed by atoms with van der Waals surface area (Å²) < 4.78 is 62.7. The van der Waals surface area contributed by atoms with E-state index in [1.165, 1.54) is 0 Å². The Bertz CT molecular complexity index is 3110. The lowest BCUT2D eigenvalue weighted by Crippen LogP contribution is -2.20. The number of hydrogen-bond acceptors (Lipinski definition) is 6. The van der Waals surface area contributed by atoms with Gasteiger partial charge in [-0.2, -0.15) is 0 Å². The average Bonchev–Trinajstić information content (AvgIpc) is 3.49. The second kappa shape index (κ2) is 15.0. The zero-order chi connectivity index (χ0) is 41.7. The Morgan fingerprint density at radius 3 is 1.37 bits per heavy atom. The van der Waals surface area contributed by atoms with Crippen molar-refractivity contribution in [3.63, 3.8) is 0 Å². The van der Waals surface area contributed by atoms with Crippen LogP contribution in [0.1, 0.15) is 36.1 Å². The lowest BCUT2D eigenvalue weighted by Gasteiger charge is -2.26. The van der Waals surface area contributed by atoms with Gasteiger partial charge in [-0.3, -0.25) is 9.13 Å². The van der Waals surface area contributed by atoms with Crippen LogP contribution in [0.3, 0.4) is 0 Å². The summed E-state index contributed by atoms with van der Waals surface area (Å²) in [5, 5.41) is 0. The molecule has 10 heteroatoms. The van der Waals surface area contributed by atoms with Gasteiger partial charge in [0.25, 0.3) is 0 Å². The van der Waals surface area contributed by atoms with Gasteiger partial charge in [0, 0.05) is 12.5 Å². The van der Waals surface area contributed by atoms with Crippen LogP contribution in [0.2, 0.25) is 0 Å². The monoisotopic (exact) mass is 818 g/mol. The third-order valence-corrected chi connectivity index (χ3v) is 14.6. The van der Waals surface area contributed by atoms with E-state index < -0.39 is 19.7 Å². The molecular formula is C49H42N2O6S2. The van der Waals surface area contributed by atoms with Crippen molar-refractivity contribution in [2.45, 2.75) is 52.7 Å². The van der Waals surface area contributed by atoms with Crippen LogP contribution in [-0.4, -0.2) is 26.0 Å². The van der Waals surface area contributed by atoms with Crippen molar-refractivity contribution in [2.75, 3.05) is 0 Å². The van der Waals surface area contributed by atoms with Crippen LogP contribution in [0, 0.1) is 13.8 Å². The molecule has 0 N–H and O–H groups in total. The Balaban J connectivity index is 0.932. The lowest BCUT2D eigenvalue weighted by atomic mass is 9.78. The first-order valence-electron chi connectivity index (χ1n) is 19.1. The molecule has 296 valence electrons. The Morgan fingerprint density at radius 2 is 0.864 bits per heavy atom. The summed E-state index contributed by atoms with van der Waals surface area (Å²) in [6, 6.07) is 48.4. The molecule has 7 aromatic carbocycles. The Labute approximate surface area is 344 Å². The summed E-state index contributed by atoms with van der Waals surface area (Å²) in [5.41, 5.74) is 7.64. The highest BCUT2D eigenvalue weighted by Gasteiger charge is 2.24. The van der Waals surface area contributed by atoms with E-state index in [9.17, 15) is 21.6 Å². The van der Waals surface area contributed by atoms with Crippen LogP contribution >= 0.6 is 0 Å². The number of benzene rings is 7. The first-order valence-corrected chi connectivity index (χ1v) is 22.0. The molecule has 8 nitrogen and oxygen atoms in total. The molecule has 0 fully saturated rings. The van der Waals surface area contributed by atoms with Gasteiger partial charge >= 0.3 is 5.69 Å². The molecule has 1 aromatic heterocycles. The average molecular weight is 819 g/mol. The maximum atomic E-state index is 13.7. The smallest absolute Gasteiger partial charge is 0.333 e. The molecule has 0 aliphatic rings. The highest BCUT2D eigenvalue weighted by molar-refractivity contribution is 7.91.